The van der Waals surface area contributed by atoms with Gasteiger partial charge in [0.15, 0.2) is 0 Å². The van der Waals surface area contributed by atoms with E-state index in [4.69, 9.17) is 0 Å². The normalized spacial score (nSPS) is 9.79. The second kappa shape index (κ2) is 8.07. The van der Waals surface area contributed by atoms with Crippen molar-refractivity contribution >= 4 is 11.9 Å². The van der Waals surface area contributed by atoms with Crippen LogP contribution in [0.25, 0.3) is 0 Å². The van der Waals surface area contributed by atoms with Gasteiger partial charge in [-0.15, -0.1) is 0 Å². The quantitative estimate of drug-likeness (QED) is 0.713. The third-order valence-electron chi connectivity index (χ3n) is 2.40. The Morgan fingerprint density at radius 2 is 1.79 bits per heavy atom. The number of rotatable bonds is 6. The molecule has 0 atom stereocenters. The molecule has 0 heterocycles. The molecule has 1 aromatic carbocycles. The summed E-state index contributed by atoms with van der Waals surface area (Å²) in [6.07, 6.45) is 0.606. The van der Waals surface area contributed by atoms with Crippen molar-refractivity contribution in [3.63, 3.8) is 0 Å². The highest BCUT2D eigenvalue weighted by atomic mass is 19.1. The van der Waals surface area contributed by atoms with Crippen LogP contribution in [0.2, 0.25) is 0 Å². The van der Waals surface area contributed by atoms with Crippen LogP contribution >= 0.6 is 0 Å². The number of likely N-dealkylation sites (N-methyl/N-ethyl adjacent to an activating group) is 1. The van der Waals surface area contributed by atoms with Crippen LogP contribution in [0.4, 0.5) is 9.18 Å². The van der Waals surface area contributed by atoms with Gasteiger partial charge in [-0.25, -0.2) is 9.18 Å². The molecule has 0 aliphatic rings. The number of hydrogen-bond acceptors (Lipinski definition) is 2. The minimum Gasteiger partial charge on any atom is -0.355 e. The summed E-state index contributed by atoms with van der Waals surface area (Å²) >= 11 is 0. The van der Waals surface area contributed by atoms with Gasteiger partial charge in [0.1, 0.15) is 5.82 Å². The summed E-state index contributed by atoms with van der Waals surface area (Å²) in [6.45, 7) is 2.72. The topological polar surface area (TPSA) is 70.2 Å². The van der Waals surface area contributed by atoms with E-state index in [1.165, 1.54) is 12.1 Å². The van der Waals surface area contributed by atoms with Gasteiger partial charge < -0.3 is 16.0 Å². The van der Waals surface area contributed by atoms with Crippen LogP contribution in [0.5, 0.6) is 0 Å². The smallest absolute Gasteiger partial charge is 0.315 e. The maximum absolute atomic E-state index is 12.7. The van der Waals surface area contributed by atoms with Crippen molar-refractivity contribution in [3.05, 3.63) is 35.6 Å². The first-order valence-corrected chi connectivity index (χ1v) is 6.14. The molecule has 19 heavy (non-hydrogen) atoms. The summed E-state index contributed by atoms with van der Waals surface area (Å²) < 4.78 is 12.7. The lowest BCUT2D eigenvalue weighted by Gasteiger charge is -2.07. The second-order valence-corrected chi connectivity index (χ2v) is 3.94. The van der Waals surface area contributed by atoms with Crippen LogP contribution in [0.1, 0.15) is 12.5 Å². The summed E-state index contributed by atoms with van der Waals surface area (Å²) in [7, 11) is 0. The fourth-order valence-electron chi connectivity index (χ4n) is 1.45. The Morgan fingerprint density at radius 1 is 1.11 bits per heavy atom. The highest BCUT2D eigenvalue weighted by Gasteiger charge is 2.03. The Bertz CT molecular complexity index is 420. The van der Waals surface area contributed by atoms with E-state index in [9.17, 15) is 14.0 Å². The van der Waals surface area contributed by atoms with E-state index < -0.39 is 6.03 Å². The van der Waals surface area contributed by atoms with E-state index >= 15 is 0 Å². The number of amides is 3. The predicted octanol–water partition coefficient (Wildman–Crippen LogP) is 0.803. The summed E-state index contributed by atoms with van der Waals surface area (Å²) in [5.74, 6) is -0.507. The SMILES string of the molecule is CCNC(=O)CNC(=O)NCCc1ccc(F)cc1. The second-order valence-electron chi connectivity index (χ2n) is 3.94. The molecule has 0 radical (unpaired) electrons. The third-order valence-corrected chi connectivity index (χ3v) is 2.40. The van der Waals surface area contributed by atoms with Gasteiger partial charge in [0.2, 0.25) is 5.91 Å². The van der Waals surface area contributed by atoms with Crippen molar-refractivity contribution in [2.24, 2.45) is 0 Å². The van der Waals surface area contributed by atoms with Crippen molar-refractivity contribution in [2.45, 2.75) is 13.3 Å². The molecule has 0 fully saturated rings. The first-order valence-electron chi connectivity index (χ1n) is 6.14. The number of hydrogen-bond donors (Lipinski definition) is 3. The molecule has 104 valence electrons. The molecule has 1 aromatic rings. The maximum atomic E-state index is 12.7. The number of urea groups is 1. The molecule has 0 aliphatic carbocycles. The molecular weight excluding hydrogens is 249 g/mol. The number of halogens is 1. The van der Waals surface area contributed by atoms with Gasteiger partial charge >= 0.3 is 6.03 Å². The first-order chi connectivity index (χ1) is 9.11. The summed E-state index contributed by atoms with van der Waals surface area (Å²) in [5.41, 5.74) is 0.936. The molecule has 0 saturated carbocycles. The Morgan fingerprint density at radius 3 is 2.42 bits per heavy atom. The van der Waals surface area contributed by atoms with Crippen molar-refractivity contribution in [2.75, 3.05) is 19.6 Å². The van der Waals surface area contributed by atoms with Crippen molar-refractivity contribution in [1.29, 1.82) is 0 Å². The summed E-state index contributed by atoms with van der Waals surface area (Å²) in [5, 5.41) is 7.63. The molecule has 0 unspecified atom stereocenters. The molecule has 3 amide bonds. The zero-order valence-corrected chi connectivity index (χ0v) is 10.8. The Kier molecular flexibility index (Phi) is 6.35. The molecule has 1 rings (SSSR count). The molecule has 0 aliphatic heterocycles. The average Bonchev–Trinajstić information content (AvgIpc) is 2.39. The fraction of sp³-hybridized carbons (Fsp3) is 0.385. The Balaban J connectivity index is 2.16. The van der Waals surface area contributed by atoms with Gasteiger partial charge in [-0.3, -0.25) is 4.79 Å². The lowest BCUT2D eigenvalue weighted by molar-refractivity contribution is -0.119. The maximum Gasteiger partial charge on any atom is 0.315 e. The number of benzene rings is 1. The Hall–Kier alpha value is -2.11. The fourth-order valence-corrected chi connectivity index (χ4v) is 1.45. The number of nitrogens with one attached hydrogen (secondary N) is 3. The molecule has 0 bridgehead atoms. The van der Waals surface area contributed by atoms with Crippen LogP contribution in [0, 0.1) is 5.82 Å². The largest absolute Gasteiger partial charge is 0.355 e. The highest BCUT2D eigenvalue weighted by Crippen LogP contribution is 2.02. The van der Waals surface area contributed by atoms with Crippen LogP contribution in [0.15, 0.2) is 24.3 Å². The van der Waals surface area contributed by atoms with Crippen LogP contribution in [-0.4, -0.2) is 31.6 Å². The monoisotopic (exact) mass is 267 g/mol. The van der Waals surface area contributed by atoms with E-state index in [0.717, 1.165) is 5.56 Å². The molecule has 6 heteroatoms. The van der Waals surface area contributed by atoms with Crippen LogP contribution in [-0.2, 0) is 11.2 Å². The molecule has 0 spiro atoms. The molecule has 5 nitrogen and oxygen atoms in total. The predicted molar refractivity (Wildman–Crippen MR) is 70.2 cm³/mol. The summed E-state index contributed by atoms with van der Waals surface area (Å²) in [4.78, 5) is 22.4. The third kappa shape index (κ3) is 6.40. The van der Waals surface area contributed by atoms with Gasteiger partial charge in [0, 0.05) is 13.1 Å². The minimum atomic E-state index is -0.395. The van der Waals surface area contributed by atoms with Crippen molar-refractivity contribution < 1.29 is 14.0 Å². The summed E-state index contributed by atoms with van der Waals surface area (Å²) in [6, 6.07) is 5.70. The molecular formula is C13H18FN3O2. The van der Waals surface area contributed by atoms with Gasteiger partial charge in [-0.05, 0) is 31.0 Å². The Labute approximate surface area is 111 Å². The standard InChI is InChI=1S/C13H18FN3O2/c1-2-15-12(18)9-17-13(19)16-8-7-10-3-5-11(14)6-4-10/h3-6H,2,7-9H2,1H3,(H,15,18)(H2,16,17,19). The minimum absolute atomic E-state index is 0.0454. The van der Waals surface area contributed by atoms with E-state index in [-0.39, 0.29) is 18.3 Å². The molecule has 0 aromatic heterocycles. The van der Waals surface area contributed by atoms with Crippen LogP contribution < -0.4 is 16.0 Å². The van der Waals surface area contributed by atoms with E-state index in [1.807, 2.05) is 0 Å². The molecule has 3 N–H and O–H groups in total. The number of carbonyl (C=O) groups is 2. The first kappa shape index (κ1) is 14.9. The van der Waals surface area contributed by atoms with Crippen LogP contribution in [0.3, 0.4) is 0 Å². The van der Waals surface area contributed by atoms with Crippen molar-refractivity contribution in [3.8, 4) is 0 Å². The van der Waals surface area contributed by atoms with E-state index in [0.29, 0.717) is 19.5 Å². The van der Waals surface area contributed by atoms with Crippen molar-refractivity contribution in [1.82, 2.24) is 16.0 Å². The molecule has 0 saturated heterocycles. The number of carbonyl (C=O) groups excluding carboxylic acids is 2. The van der Waals surface area contributed by atoms with Gasteiger partial charge in [0.25, 0.3) is 0 Å². The average molecular weight is 267 g/mol. The van der Waals surface area contributed by atoms with Gasteiger partial charge in [-0.1, -0.05) is 12.1 Å². The lowest BCUT2D eigenvalue weighted by atomic mass is 10.1. The van der Waals surface area contributed by atoms with Gasteiger partial charge in [-0.2, -0.15) is 0 Å². The zero-order chi connectivity index (χ0) is 14.1. The van der Waals surface area contributed by atoms with E-state index in [1.54, 1.807) is 19.1 Å². The zero-order valence-electron chi connectivity index (χ0n) is 10.8. The lowest BCUT2D eigenvalue weighted by Crippen LogP contribution is -2.42. The van der Waals surface area contributed by atoms with E-state index in [2.05, 4.69) is 16.0 Å². The van der Waals surface area contributed by atoms with Gasteiger partial charge in [0.05, 0.1) is 6.54 Å². The highest BCUT2D eigenvalue weighted by molar-refractivity contribution is 5.83.